The summed E-state index contributed by atoms with van der Waals surface area (Å²) in [5.41, 5.74) is 1.26. The molecule has 0 aromatic heterocycles. The van der Waals surface area contributed by atoms with Gasteiger partial charge in [-0.1, -0.05) is 12.1 Å². The molecule has 0 unspecified atom stereocenters. The highest BCUT2D eigenvalue weighted by atomic mass is 19.1. The van der Waals surface area contributed by atoms with Gasteiger partial charge >= 0.3 is 0 Å². The van der Waals surface area contributed by atoms with Gasteiger partial charge in [-0.3, -0.25) is 14.5 Å². The smallest absolute Gasteiger partial charge is 0.251 e. The van der Waals surface area contributed by atoms with Crippen molar-refractivity contribution in [3.8, 4) is 5.75 Å². The van der Waals surface area contributed by atoms with E-state index in [9.17, 15) is 14.0 Å². The fourth-order valence-corrected chi connectivity index (χ4v) is 3.25. The predicted molar refractivity (Wildman–Crippen MR) is 114 cm³/mol. The maximum absolute atomic E-state index is 13.2. The van der Waals surface area contributed by atoms with Crippen molar-refractivity contribution in [1.82, 2.24) is 15.1 Å². The molecule has 1 aliphatic rings. The summed E-state index contributed by atoms with van der Waals surface area (Å²) in [7, 11) is 1.59. The third kappa shape index (κ3) is 6.15. The first kappa shape index (κ1) is 21.5. The normalized spacial score (nSPS) is 14.7. The first-order chi connectivity index (χ1) is 14.5. The van der Waals surface area contributed by atoms with Crippen molar-refractivity contribution in [1.29, 1.82) is 0 Å². The van der Waals surface area contributed by atoms with Crippen LogP contribution in [-0.2, 0) is 4.79 Å². The van der Waals surface area contributed by atoms with Gasteiger partial charge in [0.15, 0.2) is 0 Å². The van der Waals surface area contributed by atoms with Crippen LogP contribution >= 0.6 is 0 Å². The van der Waals surface area contributed by atoms with E-state index in [1.54, 1.807) is 54.5 Å². The molecule has 1 N–H and O–H groups in total. The molecule has 1 saturated heterocycles. The number of rotatable bonds is 7. The van der Waals surface area contributed by atoms with Crippen molar-refractivity contribution >= 4 is 17.9 Å². The number of hydrogen-bond donors (Lipinski definition) is 1. The maximum Gasteiger partial charge on any atom is 0.251 e. The van der Waals surface area contributed by atoms with Crippen molar-refractivity contribution in [3.63, 3.8) is 0 Å². The molecule has 2 amide bonds. The Morgan fingerprint density at radius 1 is 1.10 bits per heavy atom. The Morgan fingerprint density at radius 3 is 2.50 bits per heavy atom. The molecular formula is C23H26FN3O3. The summed E-state index contributed by atoms with van der Waals surface area (Å²) in [6.07, 6.45) is 3.12. The summed E-state index contributed by atoms with van der Waals surface area (Å²) < 4.78 is 18.3. The fraction of sp³-hybridized carbons (Fsp3) is 0.304. The van der Waals surface area contributed by atoms with Gasteiger partial charge < -0.3 is 15.0 Å². The van der Waals surface area contributed by atoms with Crippen LogP contribution in [0.4, 0.5) is 4.39 Å². The number of hydrogen-bond acceptors (Lipinski definition) is 4. The SMILES string of the molecule is COc1ccc(C(=O)NCCN2CCN(C(=O)C=Cc3cccc(F)c3)CC2)cc1. The second-order valence-electron chi connectivity index (χ2n) is 7.04. The molecule has 0 aliphatic carbocycles. The van der Waals surface area contributed by atoms with E-state index in [-0.39, 0.29) is 17.6 Å². The number of nitrogens with one attached hydrogen (secondary N) is 1. The van der Waals surface area contributed by atoms with Crippen molar-refractivity contribution in [2.75, 3.05) is 46.4 Å². The average molecular weight is 411 g/mol. The monoisotopic (exact) mass is 411 g/mol. The minimum absolute atomic E-state index is 0.0771. The van der Waals surface area contributed by atoms with E-state index in [1.165, 1.54) is 18.2 Å². The Balaban J connectivity index is 1.37. The van der Waals surface area contributed by atoms with E-state index >= 15 is 0 Å². The number of methoxy groups -OCH3 is 1. The quantitative estimate of drug-likeness (QED) is 0.711. The lowest BCUT2D eigenvalue weighted by atomic mass is 10.2. The van der Waals surface area contributed by atoms with Crippen LogP contribution in [-0.4, -0.2) is 68.0 Å². The number of benzene rings is 2. The third-order valence-corrected chi connectivity index (χ3v) is 5.02. The number of carbonyl (C=O) groups is 2. The van der Waals surface area contributed by atoms with Gasteiger partial charge in [-0.15, -0.1) is 0 Å². The number of halogens is 1. The van der Waals surface area contributed by atoms with Gasteiger partial charge in [-0.05, 0) is 48.0 Å². The van der Waals surface area contributed by atoms with E-state index in [0.29, 0.717) is 36.5 Å². The molecule has 0 atom stereocenters. The maximum atomic E-state index is 13.2. The average Bonchev–Trinajstić information content (AvgIpc) is 2.78. The van der Waals surface area contributed by atoms with Crippen LogP contribution in [0.2, 0.25) is 0 Å². The van der Waals surface area contributed by atoms with E-state index in [4.69, 9.17) is 4.74 Å². The molecule has 1 aliphatic heterocycles. The van der Waals surface area contributed by atoms with Crippen molar-refractivity contribution < 1.29 is 18.7 Å². The van der Waals surface area contributed by atoms with E-state index in [1.807, 2.05) is 0 Å². The van der Waals surface area contributed by atoms with Crippen LogP contribution in [0.5, 0.6) is 5.75 Å². The lowest BCUT2D eigenvalue weighted by molar-refractivity contribution is -0.127. The lowest BCUT2D eigenvalue weighted by Gasteiger charge is -2.34. The molecule has 158 valence electrons. The zero-order valence-electron chi connectivity index (χ0n) is 17.0. The summed E-state index contributed by atoms with van der Waals surface area (Å²) >= 11 is 0. The van der Waals surface area contributed by atoms with E-state index < -0.39 is 0 Å². The van der Waals surface area contributed by atoms with Crippen molar-refractivity contribution in [2.24, 2.45) is 0 Å². The van der Waals surface area contributed by atoms with Crippen LogP contribution in [0.25, 0.3) is 6.08 Å². The molecule has 1 heterocycles. The highest BCUT2D eigenvalue weighted by molar-refractivity contribution is 5.94. The Morgan fingerprint density at radius 2 is 1.83 bits per heavy atom. The molecule has 0 bridgehead atoms. The van der Waals surface area contributed by atoms with Gasteiger partial charge in [0.2, 0.25) is 5.91 Å². The van der Waals surface area contributed by atoms with E-state index in [2.05, 4.69) is 10.2 Å². The topological polar surface area (TPSA) is 61.9 Å². The minimum Gasteiger partial charge on any atom is -0.497 e. The summed E-state index contributed by atoms with van der Waals surface area (Å²) in [6, 6.07) is 13.1. The third-order valence-electron chi connectivity index (χ3n) is 5.02. The van der Waals surface area contributed by atoms with Gasteiger partial charge in [-0.2, -0.15) is 0 Å². The molecule has 30 heavy (non-hydrogen) atoms. The van der Waals surface area contributed by atoms with Gasteiger partial charge in [0, 0.05) is 50.9 Å². The van der Waals surface area contributed by atoms with Crippen molar-refractivity contribution in [2.45, 2.75) is 0 Å². The standard InChI is InChI=1S/C23H26FN3O3/c1-30-21-8-6-19(7-9-21)23(29)25-11-12-26-13-15-27(16-14-26)22(28)10-5-18-3-2-4-20(24)17-18/h2-10,17H,11-16H2,1H3,(H,25,29). The van der Waals surface area contributed by atoms with Crippen LogP contribution < -0.4 is 10.1 Å². The van der Waals surface area contributed by atoms with Crippen LogP contribution in [0.3, 0.4) is 0 Å². The molecule has 2 aromatic carbocycles. The minimum atomic E-state index is -0.322. The van der Waals surface area contributed by atoms with Crippen LogP contribution in [0.15, 0.2) is 54.6 Å². The summed E-state index contributed by atoms with van der Waals surface area (Å²) in [6.45, 7) is 4.01. The summed E-state index contributed by atoms with van der Waals surface area (Å²) in [5.74, 6) is 0.197. The van der Waals surface area contributed by atoms with E-state index in [0.717, 1.165) is 19.6 Å². The summed E-state index contributed by atoms with van der Waals surface area (Å²) in [5, 5.41) is 2.92. The second kappa shape index (κ2) is 10.5. The molecule has 3 rings (SSSR count). The highest BCUT2D eigenvalue weighted by Crippen LogP contribution is 2.11. The summed E-state index contributed by atoms with van der Waals surface area (Å²) in [4.78, 5) is 28.5. The molecule has 0 saturated carbocycles. The van der Waals surface area contributed by atoms with Crippen LogP contribution in [0, 0.1) is 5.82 Å². The van der Waals surface area contributed by atoms with Crippen molar-refractivity contribution in [3.05, 3.63) is 71.6 Å². The van der Waals surface area contributed by atoms with Gasteiger partial charge in [0.1, 0.15) is 11.6 Å². The number of piperazine rings is 1. The Kier molecular flexibility index (Phi) is 7.57. The predicted octanol–water partition coefficient (Wildman–Crippen LogP) is 2.42. The molecule has 2 aromatic rings. The number of ether oxygens (including phenoxy) is 1. The molecule has 0 radical (unpaired) electrons. The first-order valence-electron chi connectivity index (χ1n) is 9.92. The molecule has 1 fully saturated rings. The second-order valence-corrected chi connectivity index (χ2v) is 7.04. The zero-order chi connectivity index (χ0) is 21.3. The largest absolute Gasteiger partial charge is 0.497 e. The van der Waals surface area contributed by atoms with Gasteiger partial charge in [0.25, 0.3) is 5.91 Å². The van der Waals surface area contributed by atoms with Gasteiger partial charge in [-0.25, -0.2) is 4.39 Å². The highest BCUT2D eigenvalue weighted by Gasteiger charge is 2.19. The molecule has 0 spiro atoms. The van der Waals surface area contributed by atoms with Crippen LogP contribution in [0.1, 0.15) is 15.9 Å². The Labute approximate surface area is 175 Å². The first-order valence-corrected chi connectivity index (χ1v) is 9.92. The Bertz CT molecular complexity index is 891. The lowest BCUT2D eigenvalue weighted by Crippen LogP contribution is -2.49. The molecule has 6 nitrogen and oxygen atoms in total. The molecule has 7 heteroatoms. The molecular weight excluding hydrogens is 385 g/mol. The number of carbonyl (C=O) groups excluding carboxylic acids is 2. The Hall–Kier alpha value is -3.19. The number of nitrogens with zero attached hydrogens (tertiary/aromatic N) is 2. The fourth-order valence-electron chi connectivity index (χ4n) is 3.25. The van der Waals surface area contributed by atoms with Gasteiger partial charge in [0.05, 0.1) is 7.11 Å². The zero-order valence-corrected chi connectivity index (χ0v) is 17.0. The number of amides is 2.